The molecule has 55 heavy (non-hydrogen) atoms. The third kappa shape index (κ3) is 4.67. The number of rotatable bonds is 4. The highest BCUT2D eigenvalue weighted by Gasteiger charge is 2.18. The predicted molar refractivity (Wildman–Crippen MR) is 236 cm³/mol. The van der Waals surface area contributed by atoms with Crippen LogP contribution in [0.25, 0.3) is 108 Å². The van der Waals surface area contributed by atoms with E-state index in [1.54, 1.807) is 0 Å². The van der Waals surface area contributed by atoms with Crippen LogP contribution in [0.5, 0.6) is 0 Å². The summed E-state index contributed by atoms with van der Waals surface area (Å²) in [6.45, 7) is 0. The Kier molecular flexibility index (Phi) is 6.54. The molecule has 0 aliphatic rings. The lowest BCUT2D eigenvalue weighted by atomic mass is 10.00. The minimum atomic E-state index is 1.16. The number of benzene rings is 9. The van der Waals surface area contributed by atoms with Crippen LogP contribution in [0.15, 0.2) is 194 Å². The van der Waals surface area contributed by atoms with Gasteiger partial charge in [0.25, 0.3) is 0 Å². The van der Waals surface area contributed by atoms with E-state index in [4.69, 9.17) is 0 Å². The van der Waals surface area contributed by atoms with Gasteiger partial charge in [0.05, 0.1) is 22.1 Å². The fourth-order valence-corrected chi connectivity index (χ4v) is 10.00. The fourth-order valence-electron chi connectivity index (χ4n) is 8.88. The second-order valence-electron chi connectivity index (χ2n) is 14.6. The fraction of sp³-hybridized carbons (Fsp3) is 0. The van der Waals surface area contributed by atoms with Crippen molar-refractivity contribution in [2.75, 3.05) is 0 Å². The highest BCUT2D eigenvalue weighted by Crippen LogP contribution is 2.43. The molecular formula is C52H32N2S. The number of para-hydroxylation sites is 1. The maximum absolute atomic E-state index is 2.45. The van der Waals surface area contributed by atoms with Crippen LogP contribution < -0.4 is 0 Å². The Hall–Kier alpha value is -6.94. The molecule has 0 radical (unpaired) electrons. The van der Waals surface area contributed by atoms with E-state index in [1.807, 2.05) is 11.3 Å². The highest BCUT2D eigenvalue weighted by atomic mass is 32.1. The molecule has 0 fully saturated rings. The van der Waals surface area contributed by atoms with Crippen molar-refractivity contribution in [2.24, 2.45) is 0 Å². The van der Waals surface area contributed by atoms with Crippen LogP contribution in [0, 0.1) is 0 Å². The third-order valence-electron chi connectivity index (χ3n) is 11.5. The van der Waals surface area contributed by atoms with E-state index in [1.165, 1.54) is 102 Å². The lowest BCUT2D eigenvalue weighted by Crippen LogP contribution is -1.94. The van der Waals surface area contributed by atoms with Gasteiger partial charge in [0.15, 0.2) is 0 Å². The molecule has 0 N–H and O–H groups in total. The number of hydrogen-bond donors (Lipinski definition) is 0. The first-order valence-corrected chi connectivity index (χ1v) is 19.6. The third-order valence-corrected chi connectivity index (χ3v) is 12.6. The van der Waals surface area contributed by atoms with E-state index in [-0.39, 0.29) is 0 Å². The lowest BCUT2D eigenvalue weighted by molar-refractivity contribution is 1.18. The van der Waals surface area contributed by atoms with Crippen molar-refractivity contribution in [3.8, 4) is 33.6 Å². The van der Waals surface area contributed by atoms with Crippen molar-refractivity contribution in [1.82, 2.24) is 9.13 Å². The zero-order valence-corrected chi connectivity index (χ0v) is 30.6. The van der Waals surface area contributed by atoms with Crippen LogP contribution in [0.4, 0.5) is 0 Å². The first-order chi connectivity index (χ1) is 27.2. The number of hydrogen-bond acceptors (Lipinski definition) is 1. The van der Waals surface area contributed by atoms with Crippen LogP contribution in [-0.4, -0.2) is 9.13 Å². The van der Waals surface area contributed by atoms with E-state index in [9.17, 15) is 0 Å². The Morgan fingerprint density at radius 2 is 0.836 bits per heavy atom. The summed E-state index contributed by atoms with van der Waals surface area (Å²) < 4.78 is 7.50. The number of aromatic nitrogens is 2. The molecule has 0 saturated heterocycles. The van der Waals surface area contributed by atoms with Gasteiger partial charge in [-0.1, -0.05) is 121 Å². The van der Waals surface area contributed by atoms with Gasteiger partial charge in [0, 0.05) is 53.1 Å². The van der Waals surface area contributed by atoms with E-state index in [2.05, 4.69) is 203 Å². The molecular weight excluding hydrogens is 685 g/mol. The molecule has 0 bridgehead atoms. The van der Waals surface area contributed by atoms with Gasteiger partial charge >= 0.3 is 0 Å². The number of thiophene rings is 1. The van der Waals surface area contributed by atoms with Gasteiger partial charge in [-0.05, 0) is 106 Å². The van der Waals surface area contributed by atoms with E-state index < -0.39 is 0 Å². The summed E-state index contributed by atoms with van der Waals surface area (Å²) in [7, 11) is 0. The molecule has 2 nitrogen and oxygen atoms in total. The van der Waals surface area contributed by atoms with Gasteiger partial charge in [-0.15, -0.1) is 11.3 Å². The van der Waals surface area contributed by atoms with Crippen molar-refractivity contribution >= 4 is 85.9 Å². The monoisotopic (exact) mass is 716 g/mol. The average Bonchev–Trinajstić information content (AvgIpc) is 3.89. The summed E-state index contributed by atoms with van der Waals surface area (Å²) in [5, 5.41) is 10.2. The number of fused-ring (bicyclic) bond motifs is 10. The SMILES string of the molecule is c1ccc(-c2ccc(-n3c4ccc(-c5ccc6c(c5)c5ccccc5n6-c5ccc6ccccc6c5)cc4c4cc5c(cc43)sc3ccccc35)cc2)cc1. The minimum Gasteiger partial charge on any atom is -0.309 e. The van der Waals surface area contributed by atoms with Gasteiger partial charge in [0.2, 0.25) is 0 Å². The first-order valence-electron chi connectivity index (χ1n) is 18.8. The van der Waals surface area contributed by atoms with Gasteiger partial charge in [-0.25, -0.2) is 0 Å². The van der Waals surface area contributed by atoms with Gasteiger partial charge in [0.1, 0.15) is 0 Å². The maximum Gasteiger partial charge on any atom is 0.0555 e. The minimum absolute atomic E-state index is 1.16. The van der Waals surface area contributed by atoms with Gasteiger partial charge in [-0.2, -0.15) is 0 Å². The second-order valence-corrected chi connectivity index (χ2v) is 15.6. The van der Waals surface area contributed by atoms with Crippen molar-refractivity contribution in [1.29, 1.82) is 0 Å². The molecule has 0 aliphatic heterocycles. The molecule has 3 heterocycles. The second kappa shape index (κ2) is 11.8. The quantitative estimate of drug-likeness (QED) is 0.172. The molecule has 12 rings (SSSR count). The summed E-state index contributed by atoms with van der Waals surface area (Å²) in [5.41, 5.74) is 12.1. The van der Waals surface area contributed by atoms with Gasteiger partial charge in [-0.3, -0.25) is 0 Å². The smallest absolute Gasteiger partial charge is 0.0555 e. The first kappa shape index (κ1) is 30.5. The molecule has 3 heteroatoms. The van der Waals surface area contributed by atoms with E-state index in [0.717, 1.165) is 5.69 Å². The Balaban J connectivity index is 1.06. The van der Waals surface area contributed by atoms with E-state index >= 15 is 0 Å². The zero-order chi connectivity index (χ0) is 36.0. The normalized spacial score (nSPS) is 12.0. The van der Waals surface area contributed by atoms with Crippen molar-refractivity contribution in [2.45, 2.75) is 0 Å². The van der Waals surface area contributed by atoms with Crippen molar-refractivity contribution in [3.63, 3.8) is 0 Å². The molecule has 0 unspecified atom stereocenters. The molecule has 3 aromatic heterocycles. The zero-order valence-electron chi connectivity index (χ0n) is 29.8. The average molecular weight is 717 g/mol. The Morgan fingerprint density at radius 1 is 0.273 bits per heavy atom. The van der Waals surface area contributed by atoms with Crippen LogP contribution in [0.2, 0.25) is 0 Å². The van der Waals surface area contributed by atoms with Crippen LogP contribution >= 0.6 is 11.3 Å². The lowest BCUT2D eigenvalue weighted by Gasteiger charge is -2.11. The van der Waals surface area contributed by atoms with Crippen molar-refractivity contribution < 1.29 is 0 Å². The summed E-state index contributed by atoms with van der Waals surface area (Å²) in [6, 6.07) is 71.5. The molecule has 12 aromatic rings. The highest BCUT2D eigenvalue weighted by molar-refractivity contribution is 7.25. The van der Waals surface area contributed by atoms with Crippen LogP contribution in [-0.2, 0) is 0 Å². The molecule has 0 amide bonds. The molecule has 0 atom stereocenters. The molecule has 9 aromatic carbocycles. The van der Waals surface area contributed by atoms with Crippen molar-refractivity contribution in [3.05, 3.63) is 194 Å². The Morgan fingerprint density at radius 3 is 1.64 bits per heavy atom. The molecule has 0 spiro atoms. The molecule has 0 saturated carbocycles. The Bertz CT molecular complexity index is 3470. The summed E-state index contributed by atoms with van der Waals surface area (Å²) >= 11 is 1.88. The largest absolute Gasteiger partial charge is 0.309 e. The van der Waals surface area contributed by atoms with E-state index in [0.29, 0.717) is 0 Å². The molecule has 256 valence electrons. The number of nitrogens with zero attached hydrogens (tertiary/aromatic N) is 2. The predicted octanol–water partition coefficient (Wildman–Crippen LogP) is 14.7. The van der Waals surface area contributed by atoms with Gasteiger partial charge < -0.3 is 9.13 Å². The van der Waals surface area contributed by atoms with Crippen LogP contribution in [0.1, 0.15) is 0 Å². The van der Waals surface area contributed by atoms with Crippen LogP contribution in [0.3, 0.4) is 0 Å². The standard InChI is InChI=1S/C52H32N2S/c1-2-10-33(11-3-1)35-18-23-39(24-19-35)53-49-27-22-38(30-44(49)45-31-46-42-15-7-9-17-51(42)55-52(46)32-50(45)53)37-21-26-48-43(29-37)41-14-6-8-16-47(41)54(48)40-25-20-34-12-4-5-13-36(34)28-40/h1-32H. The summed E-state index contributed by atoms with van der Waals surface area (Å²) in [4.78, 5) is 0. The maximum atomic E-state index is 2.45. The Labute approximate surface area is 321 Å². The summed E-state index contributed by atoms with van der Waals surface area (Å²) in [5.74, 6) is 0. The molecule has 0 aliphatic carbocycles. The topological polar surface area (TPSA) is 9.86 Å². The summed E-state index contributed by atoms with van der Waals surface area (Å²) in [6.07, 6.45) is 0.